The Kier molecular flexibility index (Phi) is 5.16. The van der Waals surface area contributed by atoms with Crippen LogP contribution in [0.5, 0.6) is 11.5 Å². The average molecular weight is 307 g/mol. The number of carbonyl (C=O) groups excluding carboxylic acids is 1. The van der Waals surface area contributed by atoms with Crippen LogP contribution in [0, 0.1) is 18.3 Å². The average Bonchev–Trinajstić information content (AvgIpc) is 2.59. The van der Waals surface area contributed by atoms with Gasteiger partial charge in [0.1, 0.15) is 11.6 Å². The summed E-state index contributed by atoms with van der Waals surface area (Å²) in [6.45, 7) is 1.84. The van der Waals surface area contributed by atoms with E-state index in [1.165, 1.54) is 20.3 Å². The summed E-state index contributed by atoms with van der Waals surface area (Å²) < 4.78 is 10.6. The normalized spacial score (nSPS) is 10.8. The van der Waals surface area contributed by atoms with E-state index in [1.807, 2.05) is 25.1 Å². The lowest BCUT2D eigenvalue weighted by molar-refractivity contribution is 0.103. The molecule has 2 aromatic carbocycles. The van der Waals surface area contributed by atoms with E-state index in [0.717, 1.165) is 5.56 Å². The molecule has 0 aliphatic heterocycles. The molecule has 0 saturated heterocycles. The molecule has 4 nitrogen and oxygen atoms in total. The van der Waals surface area contributed by atoms with E-state index < -0.39 is 0 Å². The van der Waals surface area contributed by atoms with Crippen LogP contribution >= 0.6 is 0 Å². The molecule has 0 fully saturated rings. The fourth-order valence-electron chi connectivity index (χ4n) is 2.30. The summed E-state index contributed by atoms with van der Waals surface area (Å²) in [5, 5.41) is 9.39. The predicted octanol–water partition coefficient (Wildman–Crippen LogP) is 3.80. The highest BCUT2D eigenvalue weighted by Gasteiger charge is 2.16. The summed E-state index contributed by atoms with van der Waals surface area (Å²) in [4.78, 5) is 12.6. The molecule has 0 aromatic heterocycles. The van der Waals surface area contributed by atoms with E-state index in [0.29, 0.717) is 22.6 Å². The zero-order valence-electron chi connectivity index (χ0n) is 13.3. The van der Waals surface area contributed by atoms with Gasteiger partial charge in [0.25, 0.3) is 0 Å². The Bertz CT molecular complexity index is 801. The predicted molar refractivity (Wildman–Crippen MR) is 88.6 cm³/mol. The molecule has 0 spiro atoms. The largest absolute Gasteiger partial charge is 0.493 e. The Morgan fingerprint density at radius 3 is 2.43 bits per heavy atom. The minimum Gasteiger partial charge on any atom is -0.493 e. The topological polar surface area (TPSA) is 59.3 Å². The van der Waals surface area contributed by atoms with Gasteiger partial charge in [-0.1, -0.05) is 36.4 Å². The van der Waals surface area contributed by atoms with Crippen LogP contribution < -0.4 is 9.47 Å². The van der Waals surface area contributed by atoms with E-state index in [-0.39, 0.29) is 11.4 Å². The van der Waals surface area contributed by atoms with Crippen LogP contribution in [-0.2, 0) is 0 Å². The molecule has 0 aliphatic rings. The first-order chi connectivity index (χ1) is 11.1. The molecule has 0 unspecified atom stereocenters. The third-order valence-corrected chi connectivity index (χ3v) is 3.49. The zero-order chi connectivity index (χ0) is 16.8. The standard InChI is InChI=1S/C19H17NO3/c1-13-7-4-5-9-16(13)18(21)15(12-20)11-14-8-6-10-17(22-2)19(14)23-3/h4-11H,1-3H3/b15-11+. The van der Waals surface area contributed by atoms with Crippen LogP contribution in [0.1, 0.15) is 21.5 Å². The Labute approximate surface area is 135 Å². The molecular weight excluding hydrogens is 290 g/mol. The van der Waals surface area contributed by atoms with Gasteiger partial charge in [-0.15, -0.1) is 0 Å². The van der Waals surface area contributed by atoms with Crippen molar-refractivity contribution in [3.63, 3.8) is 0 Å². The number of allylic oxidation sites excluding steroid dienone is 1. The summed E-state index contributed by atoms with van der Waals surface area (Å²) in [5.74, 6) is 0.720. The van der Waals surface area contributed by atoms with Crippen LogP contribution in [0.3, 0.4) is 0 Å². The minimum absolute atomic E-state index is 0.0471. The molecule has 23 heavy (non-hydrogen) atoms. The van der Waals surface area contributed by atoms with E-state index in [9.17, 15) is 10.1 Å². The third kappa shape index (κ3) is 3.41. The second kappa shape index (κ2) is 7.28. The molecule has 2 rings (SSSR count). The Morgan fingerprint density at radius 1 is 1.09 bits per heavy atom. The molecule has 116 valence electrons. The van der Waals surface area contributed by atoms with Crippen molar-refractivity contribution in [2.24, 2.45) is 0 Å². The number of para-hydroxylation sites is 1. The number of nitrogens with zero attached hydrogens (tertiary/aromatic N) is 1. The third-order valence-electron chi connectivity index (χ3n) is 3.49. The number of aryl methyl sites for hydroxylation is 1. The van der Waals surface area contributed by atoms with Crippen molar-refractivity contribution in [3.05, 3.63) is 64.7 Å². The zero-order valence-corrected chi connectivity index (χ0v) is 13.3. The van der Waals surface area contributed by atoms with E-state index >= 15 is 0 Å². The number of benzene rings is 2. The highest BCUT2D eigenvalue weighted by molar-refractivity contribution is 6.14. The summed E-state index contributed by atoms with van der Waals surface area (Å²) in [6, 6.07) is 14.5. The maximum atomic E-state index is 12.6. The summed E-state index contributed by atoms with van der Waals surface area (Å²) in [6.07, 6.45) is 1.52. The molecule has 0 heterocycles. The molecule has 2 aromatic rings. The number of hydrogen-bond donors (Lipinski definition) is 0. The van der Waals surface area contributed by atoms with Gasteiger partial charge in [0.05, 0.1) is 14.2 Å². The maximum Gasteiger partial charge on any atom is 0.203 e. The van der Waals surface area contributed by atoms with E-state index in [2.05, 4.69) is 0 Å². The Hall–Kier alpha value is -3.06. The fourth-order valence-corrected chi connectivity index (χ4v) is 2.30. The smallest absolute Gasteiger partial charge is 0.203 e. The quantitative estimate of drug-likeness (QED) is 0.479. The molecule has 0 N–H and O–H groups in total. The van der Waals surface area contributed by atoms with Gasteiger partial charge in [-0.3, -0.25) is 4.79 Å². The van der Waals surface area contributed by atoms with Crippen molar-refractivity contribution < 1.29 is 14.3 Å². The van der Waals surface area contributed by atoms with Gasteiger partial charge < -0.3 is 9.47 Å². The first kappa shape index (κ1) is 16.3. The van der Waals surface area contributed by atoms with Gasteiger partial charge in [-0.2, -0.15) is 5.26 Å². The van der Waals surface area contributed by atoms with Crippen LogP contribution in [0.4, 0.5) is 0 Å². The maximum absolute atomic E-state index is 12.6. The molecule has 4 heteroatoms. The van der Waals surface area contributed by atoms with Gasteiger partial charge in [0.2, 0.25) is 5.78 Å². The van der Waals surface area contributed by atoms with Crippen molar-refractivity contribution >= 4 is 11.9 Å². The van der Waals surface area contributed by atoms with Gasteiger partial charge >= 0.3 is 0 Å². The molecule has 0 atom stereocenters. The fraction of sp³-hybridized carbons (Fsp3) is 0.158. The monoisotopic (exact) mass is 307 g/mol. The minimum atomic E-state index is -0.310. The second-order valence-corrected chi connectivity index (χ2v) is 4.90. The van der Waals surface area contributed by atoms with Crippen molar-refractivity contribution in [2.75, 3.05) is 14.2 Å². The molecular formula is C19H17NO3. The molecule has 0 radical (unpaired) electrons. The van der Waals surface area contributed by atoms with Gasteiger partial charge in [0.15, 0.2) is 11.5 Å². The van der Waals surface area contributed by atoms with Crippen LogP contribution in [0.25, 0.3) is 6.08 Å². The van der Waals surface area contributed by atoms with Crippen molar-refractivity contribution in [1.82, 2.24) is 0 Å². The number of ketones is 1. The lowest BCUT2D eigenvalue weighted by Crippen LogP contribution is -2.04. The molecule has 0 aliphatic carbocycles. The summed E-state index contributed by atoms with van der Waals surface area (Å²) in [7, 11) is 3.05. The van der Waals surface area contributed by atoms with Crippen LogP contribution in [0.2, 0.25) is 0 Å². The lowest BCUT2D eigenvalue weighted by Gasteiger charge is -2.10. The molecule has 0 saturated carbocycles. The van der Waals surface area contributed by atoms with Crippen molar-refractivity contribution in [1.29, 1.82) is 5.26 Å². The number of rotatable bonds is 5. The number of carbonyl (C=O) groups is 1. The van der Waals surface area contributed by atoms with Crippen molar-refractivity contribution in [2.45, 2.75) is 6.92 Å². The number of ether oxygens (including phenoxy) is 2. The second-order valence-electron chi connectivity index (χ2n) is 4.90. The number of Topliss-reactive ketones (excluding diaryl/α,β-unsaturated/α-hetero) is 1. The number of nitriles is 1. The van der Waals surface area contributed by atoms with E-state index in [4.69, 9.17) is 9.47 Å². The summed E-state index contributed by atoms with van der Waals surface area (Å²) >= 11 is 0. The lowest BCUT2D eigenvalue weighted by atomic mass is 9.98. The van der Waals surface area contributed by atoms with Gasteiger partial charge in [0, 0.05) is 11.1 Å². The molecule has 0 bridgehead atoms. The Morgan fingerprint density at radius 2 is 1.83 bits per heavy atom. The SMILES string of the molecule is COc1cccc(/C=C(\C#N)C(=O)c2ccccc2C)c1OC. The van der Waals surface area contributed by atoms with Crippen LogP contribution in [-0.4, -0.2) is 20.0 Å². The van der Waals surface area contributed by atoms with Gasteiger partial charge in [-0.25, -0.2) is 0 Å². The number of methoxy groups -OCH3 is 2. The summed E-state index contributed by atoms with van der Waals surface area (Å²) in [5.41, 5.74) is 2.01. The van der Waals surface area contributed by atoms with E-state index in [1.54, 1.807) is 30.3 Å². The van der Waals surface area contributed by atoms with Gasteiger partial charge in [-0.05, 0) is 24.6 Å². The first-order valence-electron chi connectivity index (χ1n) is 7.05. The highest BCUT2D eigenvalue weighted by Crippen LogP contribution is 2.32. The van der Waals surface area contributed by atoms with Crippen LogP contribution in [0.15, 0.2) is 48.0 Å². The highest BCUT2D eigenvalue weighted by atomic mass is 16.5. The Balaban J connectivity index is 2.51. The number of hydrogen-bond acceptors (Lipinski definition) is 4. The first-order valence-corrected chi connectivity index (χ1v) is 7.05. The molecule has 0 amide bonds. The van der Waals surface area contributed by atoms with Crippen molar-refractivity contribution in [3.8, 4) is 17.6 Å².